The van der Waals surface area contributed by atoms with Gasteiger partial charge in [-0.15, -0.1) is 0 Å². The third kappa shape index (κ3) is 3.94. The van der Waals surface area contributed by atoms with Gasteiger partial charge in [-0.1, -0.05) is 35.5 Å². The molecule has 9 nitrogen and oxygen atoms in total. The molecule has 2 N–H and O–H groups in total. The topological polar surface area (TPSA) is 128 Å². The first kappa shape index (κ1) is 20.5. The molecular weight excluding hydrogens is 428 g/mol. The Balaban J connectivity index is 1.27. The van der Waals surface area contributed by atoms with Crippen LogP contribution in [0.15, 0.2) is 62.0 Å². The molecule has 0 spiro atoms. The summed E-state index contributed by atoms with van der Waals surface area (Å²) in [4.78, 5) is 23.7. The van der Waals surface area contributed by atoms with Crippen molar-refractivity contribution in [3.05, 3.63) is 71.5 Å². The molecule has 0 radical (unpaired) electrons. The van der Waals surface area contributed by atoms with E-state index in [0.717, 1.165) is 5.56 Å². The molecule has 1 amide bonds. The molecule has 166 valence electrons. The summed E-state index contributed by atoms with van der Waals surface area (Å²) in [5.74, 6) is 5.62. The van der Waals surface area contributed by atoms with Crippen molar-refractivity contribution in [2.75, 3.05) is 5.32 Å². The molecule has 0 saturated heterocycles. The number of benzene rings is 1. The highest BCUT2D eigenvalue weighted by Gasteiger charge is 2.54. The van der Waals surface area contributed by atoms with Crippen LogP contribution in [-0.4, -0.2) is 22.3 Å². The maximum absolute atomic E-state index is 12.2. The fraction of sp³-hybridized carbons (Fsp3) is 0.208. The lowest BCUT2D eigenvalue weighted by atomic mass is 10.0. The number of aromatic nitrogens is 1. The Morgan fingerprint density at radius 3 is 2.67 bits per heavy atom. The van der Waals surface area contributed by atoms with Crippen molar-refractivity contribution in [2.45, 2.75) is 31.3 Å². The van der Waals surface area contributed by atoms with Gasteiger partial charge >= 0.3 is 12.1 Å². The lowest BCUT2D eigenvalue weighted by Crippen LogP contribution is -2.18. The monoisotopic (exact) mass is 446 g/mol. The van der Waals surface area contributed by atoms with Crippen molar-refractivity contribution in [1.82, 2.24) is 5.16 Å². The number of rotatable bonds is 5. The summed E-state index contributed by atoms with van der Waals surface area (Å²) in [6.45, 7) is 1.77. The van der Waals surface area contributed by atoms with Gasteiger partial charge in [0.25, 0.3) is 5.78 Å². The average molecular weight is 446 g/mol. The zero-order chi connectivity index (χ0) is 23.0. The summed E-state index contributed by atoms with van der Waals surface area (Å²) < 4.78 is 21.6. The van der Waals surface area contributed by atoms with Crippen LogP contribution >= 0.6 is 0 Å². The van der Waals surface area contributed by atoms with E-state index in [1.807, 2.05) is 30.3 Å². The molecule has 1 unspecified atom stereocenters. The number of carbonyl (C=O) groups excluding carboxylic acids is 1. The van der Waals surface area contributed by atoms with E-state index in [4.69, 9.17) is 18.1 Å². The summed E-state index contributed by atoms with van der Waals surface area (Å²) in [7, 11) is 0. The Kier molecular flexibility index (Phi) is 4.90. The highest BCUT2D eigenvalue weighted by Crippen LogP contribution is 2.50. The van der Waals surface area contributed by atoms with E-state index in [1.54, 1.807) is 19.1 Å². The molecule has 3 heterocycles. The number of ether oxygens (including phenoxy) is 1. The van der Waals surface area contributed by atoms with Crippen LogP contribution in [0.3, 0.4) is 0 Å². The highest BCUT2D eigenvalue weighted by molar-refractivity contribution is 5.87. The van der Waals surface area contributed by atoms with Gasteiger partial charge in [0.1, 0.15) is 23.0 Å². The smallest absolute Gasteiger partial charge is 0.412 e. The van der Waals surface area contributed by atoms with Crippen LogP contribution in [0, 0.1) is 11.8 Å². The number of carbonyl (C=O) groups is 2. The number of anilines is 1. The minimum Gasteiger partial charge on any atom is -0.480 e. The summed E-state index contributed by atoms with van der Waals surface area (Å²) >= 11 is 0. The van der Waals surface area contributed by atoms with Crippen molar-refractivity contribution in [3.63, 3.8) is 0 Å². The number of nitrogens with one attached hydrogen (secondary N) is 1. The van der Waals surface area contributed by atoms with E-state index in [0.29, 0.717) is 24.0 Å². The van der Waals surface area contributed by atoms with Crippen molar-refractivity contribution in [2.24, 2.45) is 0 Å². The SMILES string of the molecule is CC(OC(=O)Nc1cnoc1C#Cc1cc2cc(C3(C(=O)O)CC3)oc2o1)c1ccccc1. The predicted octanol–water partition coefficient (Wildman–Crippen LogP) is 4.84. The van der Waals surface area contributed by atoms with Gasteiger partial charge in [0, 0.05) is 6.07 Å². The molecule has 3 aromatic heterocycles. The Morgan fingerprint density at radius 2 is 1.97 bits per heavy atom. The second-order valence-electron chi connectivity index (χ2n) is 7.75. The molecule has 1 aliphatic carbocycles. The normalized spacial score (nSPS) is 14.8. The molecule has 0 bridgehead atoms. The van der Waals surface area contributed by atoms with Gasteiger partial charge in [0.15, 0.2) is 5.76 Å². The maximum atomic E-state index is 12.2. The number of hydrogen-bond donors (Lipinski definition) is 2. The molecule has 9 heteroatoms. The fourth-order valence-corrected chi connectivity index (χ4v) is 3.46. The average Bonchev–Trinajstić information content (AvgIpc) is 3.12. The number of amides is 1. The zero-order valence-electron chi connectivity index (χ0n) is 17.5. The zero-order valence-corrected chi connectivity index (χ0v) is 17.5. The maximum Gasteiger partial charge on any atom is 0.412 e. The predicted molar refractivity (Wildman–Crippen MR) is 114 cm³/mol. The fourth-order valence-electron chi connectivity index (χ4n) is 3.46. The van der Waals surface area contributed by atoms with Crippen molar-refractivity contribution in [3.8, 4) is 11.8 Å². The third-order valence-electron chi connectivity index (χ3n) is 5.50. The molecule has 33 heavy (non-hydrogen) atoms. The second kappa shape index (κ2) is 7.91. The van der Waals surface area contributed by atoms with Crippen LogP contribution in [0.4, 0.5) is 10.5 Å². The molecule has 1 atom stereocenters. The van der Waals surface area contributed by atoms with E-state index in [-0.39, 0.29) is 23.0 Å². The van der Waals surface area contributed by atoms with Crippen molar-refractivity contribution >= 4 is 28.9 Å². The number of carboxylic acids is 1. The van der Waals surface area contributed by atoms with E-state index >= 15 is 0 Å². The quantitative estimate of drug-likeness (QED) is 0.417. The number of hydrogen-bond acceptors (Lipinski definition) is 7. The summed E-state index contributed by atoms with van der Waals surface area (Å²) in [5, 5.41) is 16.2. The minimum absolute atomic E-state index is 0.121. The Morgan fingerprint density at radius 1 is 1.18 bits per heavy atom. The Labute approximate surface area is 187 Å². The van der Waals surface area contributed by atoms with Gasteiger partial charge in [-0.25, -0.2) is 4.79 Å². The number of fused-ring (bicyclic) bond motifs is 1. The number of carboxylic acid groups (broad SMARTS) is 1. The number of nitrogens with zero attached hydrogens (tertiary/aromatic N) is 1. The first-order valence-corrected chi connectivity index (χ1v) is 10.2. The van der Waals surface area contributed by atoms with Crippen LogP contribution < -0.4 is 5.32 Å². The number of furan rings is 2. The van der Waals surface area contributed by atoms with E-state index < -0.39 is 23.6 Å². The molecule has 1 aliphatic rings. The van der Waals surface area contributed by atoms with E-state index in [2.05, 4.69) is 22.3 Å². The number of aliphatic carboxylic acids is 1. The molecule has 1 saturated carbocycles. The summed E-state index contributed by atoms with van der Waals surface area (Å²) in [5.41, 5.74) is 0.169. The minimum atomic E-state index is -0.944. The molecule has 1 fully saturated rings. The van der Waals surface area contributed by atoms with Crippen LogP contribution in [0.5, 0.6) is 0 Å². The highest BCUT2D eigenvalue weighted by atomic mass is 16.6. The van der Waals surface area contributed by atoms with Crippen molar-refractivity contribution < 1.29 is 32.8 Å². The van der Waals surface area contributed by atoms with Crippen molar-refractivity contribution in [1.29, 1.82) is 0 Å². The first-order valence-electron chi connectivity index (χ1n) is 10.2. The van der Waals surface area contributed by atoms with Gasteiger partial charge in [-0.2, -0.15) is 0 Å². The van der Waals surface area contributed by atoms with Gasteiger partial charge in [-0.05, 0) is 43.2 Å². The largest absolute Gasteiger partial charge is 0.480 e. The molecule has 5 rings (SSSR count). The molecule has 0 aliphatic heterocycles. The van der Waals surface area contributed by atoms with Gasteiger partial charge in [0.2, 0.25) is 5.76 Å². The summed E-state index contributed by atoms with van der Waals surface area (Å²) in [6, 6.07) is 12.6. The lowest BCUT2D eigenvalue weighted by molar-refractivity contribution is -0.140. The Hall–Kier alpha value is -4.45. The second-order valence-corrected chi connectivity index (χ2v) is 7.75. The van der Waals surface area contributed by atoms with Crippen LogP contribution in [0.1, 0.15) is 48.7 Å². The standard InChI is InChI=1S/C24H18N2O7/c1-14(15-5-3-2-4-6-15)30-23(29)26-18-13-25-33-19(18)8-7-17-11-16-12-20(32-21(16)31-17)24(9-10-24)22(27)28/h2-6,11-14H,9-10H2,1H3,(H,26,29)(H,27,28). The van der Waals surface area contributed by atoms with Crippen LogP contribution in [0.2, 0.25) is 0 Å². The summed E-state index contributed by atoms with van der Waals surface area (Å²) in [6.07, 6.45) is 1.28. The van der Waals surface area contributed by atoms with Crippen LogP contribution in [0.25, 0.3) is 11.2 Å². The van der Waals surface area contributed by atoms with Gasteiger partial charge < -0.3 is 23.2 Å². The molecule has 1 aromatic carbocycles. The van der Waals surface area contributed by atoms with Crippen LogP contribution in [-0.2, 0) is 14.9 Å². The first-order chi connectivity index (χ1) is 15.9. The third-order valence-corrected chi connectivity index (χ3v) is 5.50. The molecule has 4 aromatic rings. The van der Waals surface area contributed by atoms with Gasteiger partial charge in [0.05, 0.1) is 11.6 Å². The molecular formula is C24H18N2O7. The van der Waals surface area contributed by atoms with E-state index in [1.165, 1.54) is 6.20 Å². The van der Waals surface area contributed by atoms with E-state index in [9.17, 15) is 14.7 Å². The Bertz CT molecular complexity index is 1370. The van der Waals surface area contributed by atoms with Gasteiger partial charge in [-0.3, -0.25) is 10.1 Å². The lowest BCUT2D eigenvalue weighted by Gasteiger charge is -2.13.